The number of nitriles is 1. The maximum atomic E-state index is 13.3. The number of thioether (sulfide) groups is 1. The number of amides is 2. The lowest BCUT2D eigenvalue weighted by Gasteiger charge is -2.18. The van der Waals surface area contributed by atoms with Crippen molar-refractivity contribution in [3.8, 4) is 6.07 Å². The van der Waals surface area contributed by atoms with E-state index in [-0.39, 0.29) is 11.5 Å². The first-order valence-corrected chi connectivity index (χ1v) is 10.2. The summed E-state index contributed by atoms with van der Waals surface area (Å²) in [5, 5.41) is 12.1. The lowest BCUT2D eigenvalue weighted by atomic mass is 10.0. The Bertz CT molecular complexity index is 1040. The molecule has 1 N–H and O–H groups in total. The van der Waals surface area contributed by atoms with Gasteiger partial charge in [-0.1, -0.05) is 47.7 Å². The number of carbonyl (C=O) groups excluding carboxylic acids is 2. The van der Waals surface area contributed by atoms with Crippen molar-refractivity contribution in [2.75, 3.05) is 11.9 Å². The van der Waals surface area contributed by atoms with Crippen LogP contribution in [0, 0.1) is 32.1 Å². The van der Waals surface area contributed by atoms with Crippen LogP contribution in [0.3, 0.4) is 0 Å². The van der Waals surface area contributed by atoms with Crippen LogP contribution in [0.2, 0.25) is 0 Å². The zero-order valence-electron chi connectivity index (χ0n) is 16.9. The molecule has 0 bridgehead atoms. The van der Waals surface area contributed by atoms with Crippen LogP contribution in [0.15, 0.2) is 53.1 Å². The molecular weight excluding hydrogens is 382 g/mol. The Morgan fingerprint density at radius 3 is 2.41 bits per heavy atom. The van der Waals surface area contributed by atoms with Crippen LogP contribution in [0.5, 0.6) is 0 Å². The third-order valence-electron chi connectivity index (χ3n) is 5.02. The van der Waals surface area contributed by atoms with Gasteiger partial charge in [-0.3, -0.25) is 14.5 Å². The number of benzene rings is 2. The summed E-state index contributed by atoms with van der Waals surface area (Å²) >= 11 is 1.28. The zero-order chi connectivity index (χ0) is 21.1. The van der Waals surface area contributed by atoms with Crippen molar-refractivity contribution in [1.82, 2.24) is 5.32 Å². The summed E-state index contributed by atoms with van der Waals surface area (Å²) in [5.74, 6) is -0.615. The van der Waals surface area contributed by atoms with E-state index in [2.05, 4.69) is 24.4 Å². The van der Waals surface area contributed by atoms with E-state index in [1.165, 1.54) is 34.8 Å². The van der Waals surface area contributed by atoms with Gasteiger partial charge < -0.3 is 5.32 Å². The lowest BCUT2D eigenvalue weighted by Crippen LogP contribution is -2.31. The van der Waals surface area contributed by atoms with E-state index in [9.17, 15) is 14.9 Å². The number of likely N-dealkylation sites (N-methyl/N-ethyl adjacent to an activating group) is 1. The van der Waals surface area contributed by atoms with E-state index < -0.39 is 11.2 Å². The molecule has 3 rings (SSSR count). The number of hydrogen-bond acceptors (Lipinski definition) is 4. The molecule has 2 aromatic rings. The normalized spacial score (nSPS) is 17.8. The van der Waals surface area contributed by atoms with Gasteiger partial charge >= 0.3 is 0 Å². The number of anilines is 1. The summed E-state index contributed by atoms with van der Waals surface area (Å²) in [4.78, 5) is 27.1. The minimum atomic E-state index is -0.494. The molecule has 0 radical (unpaired) electrons. The molecule has 2 aromatic carbocycles. The molecule has 0 saturated carbocycles. The van der Waals surface area contributed by atoms with Gasteiger partial charge in [0.2, 0.25) is 5.91 Å². The maximum absolute atomic E-state index is 13.3. The van der Waals surface area contributed by atoms with Gasteiger partial charge in [-0.15, -0.1) is 0 Å². The first kappa shape index (κ1) is 20.7. The third-order valence-corrected chi connectivity index (χ3v) is 6.28. The quantitative estimate of drug-likeness (QED) is 0.621. The van der Waals surface area contributed by atoms with Crippen molar-refractivity contribution in [3.63, 3.8) is 0 Å². The number of nitrogens with one attached hydrogen (secondary N) is 1. The fourth-order valence-electron chi connectivity index (χ4n) is 3.19. The fraction of sp³-hybridized carbons (Fsp3) is 0.261. The van der Waals surface area contributed by atoms with Crippen molar-refractivity contribution in [2.45, 2.75) is 32.4 Å². The van der Waals surface area contributed by atoms with Crippen LogP contribution in [-0.2, 0) is 16.0 Å². The second kappa shape index (κ2) is 8.54. The number of aryl methyl sites for hydroxylation is 3. The van der Waals surface area contributed by atoms with Crippen LogP contribution in [0.1, 0.15) is 22.3 Å². The standard InChI is InChI=1S/C23H23N3O2S/c1-14-5-9-18(10-6-14)26-22(28)20(12-17-8-7-15(2)16(3)11-17)29-23(26)19(13-24)21(27)25-4/h5-11,20H,12H2,1-4H3,(H,25,27)/b23-19+. The summed E-state index contributed by atoms with van der Waals surface area (Å²) in [7, 11) is 1.48. The van der Waals surface area contributed by atoms with Gasteiger partial charge in [0.25, 0.3) is 5.91 Å². The third kappa shape index (κ3) is 4.20. The van der Waals surface area contributed by atoms with Gasteiger partial charge in [0, 0.05) is 12.7 Å². The summed E-state index contributed by atoms with van der Waals surface area (Å²) in [6, 6.07) is 15.6. The zero-order valence-corrected chi connectivity index (χ0v) is 17.8. The van der Waals surface area contributed by atoms with Gasteiger partial charge in [-0.25, -0.2) is 0 Å². The molecule has 1 aliphatic rings. The molecule has 0 aliphatic carbocycles. The number of hydrogen-bond donors (Lipinski definition) is 1. The predicted molar refractivity (Wildman–Crippen MR) is 116 cm³/mol. The van der Waals surface area contributed by atoms with Crippen molar-refractivity contribution in [3.05, 3.63) is 75.3 Å². The fourth-order valence-corrected chi connectivity index (χ4v) is 4.49. The number of carbonyl (C=O) groups is 2. The van der Waals surface area contributed by atoms with E-state index in [1.807, 2.05) is 50.2 Å². The van der Waals surface area contributed by atoms with Crippen LogP contribution in [-0.4, -0.2) is 24.1 Å². The Hall–Kier alpha value is -3.04. The van der Waals surface area contributed by atoms with Crippen molar-refractivity contribution in [2.24, 2.45) is 0 Å². The molecular formula is C23H23N3O2S. The molecule has 5 nitrogen and oxygen atoms in total. The number of nitrogens with zero attached hydrogens (tertiary/aromatic N) is 2. The predicted octanol–water partition coefficient (Wildman–Crippen LogP) is 3.78. The van der Waals surface area contributed by atoms with Crippen molar-refractivity contribution in [1.29, 1.82) is 5.26 Å². The van der Waals surface area contributed by atoms with Crippen LogP contribution >= 0.6 is 11.8 Å². The van der Waals surface area contributed by atoms with Gasteiger partial charge in [0.05, 0.1) is 5.25 Å². The molecule has 0 aromatic heterocycles. The van der Waals surface area contributed by atoms with Gasteiger partial charge in [0.1, 0.15) is 16.7 Å². The Balaban J connectivity index is 2.03. The topological polar surface area (TPSA) is 73.2 Å². The van der Waals surface area contributed by atoms with Gasteiger partial charge in [0.15, 0.2) is 0 Å². The minimum Gasteiger partial charge on any atom is -0.354 e. The highest BCUT2D eigenvalue weighted by atomic mass is 32.2. The highest BCUT2D eigenvalue weighted by molar-refractivity contribution is 8.05. The largest absolute Gasteiger partial charge is 0.354 e. The molecule has 1 fully saturated rings. The average molecular weight is 406 g/mol. The summed E-state index contributed by atoms with van der Waals surface area (Å²) in [6.45, 7) is 6.07. The molecule has 148 valence electrons. The van der Waals surface area contributed by atoms with E-state index in [1.54, 1.807) is 0 Å². The monoisotopic (exact) mass is 405 g/mol. The summed E-state index contributed by atoms with van der Waals surface area (Å²) < 4.78 is 0. The first-order chi connectivity index (χ1) is 13.8. The summed E-state index contributed by atoms with van der Waals surface area (Å²) in [5.41, 5.74) is 5.11. The molecule has 1 saturated heterocycles. The van der Waals surface area contributed by atoms with Crippen LogP contribution in [0.4, 0.5) is 5.69 Å². The molecule has 2 amide bonds. The van der Waals surface area contributed by atoms with Crippen LogP contribution in [0.25, 0.3) is 0 Å². The summed E-state index contributed by atoms with van der Waals surface area (Å²) in [6.07, 6.45) is 0.531. The molecule has 0 spiro atoms. The highest BCUT2D eigenvalue weighted by Crippen LogP contribution is 2.42. The smallest absolute Gasteiger partial charge is 0.264 e. The van der Waals surface area contributed by atoms with Crippen molar-refractivity contribution >= 4 is 29.3 Å². The Morgan fingerprint density at radius 1 is 1.14 bits per heavy atom. The van der Waals surface area contributed by atoms with E-state index >= 15 is 0 Å². The first-order valence-electron chi connectivity index (χ1n) is 9.35. The molecule has 1 unspecified atom stereocenters. The van der Waals surface area contributed by atoms with Crippen LogP contribution < -0.4 is 10.2 Å². The van der Waals surface area contributed by atoms with Crippen molar-refractivity contribution < 1.29 is 9.59 Å². The maximum Gasteiger partial charge on any atom is 0.264 e. The molecule has 1 aliphatic heterocycles. The Morgan fingerprint density at radius 2 is 1.83 bits per heavy atom. The van der Waals surface area contributed by atoms with E-state index in [4.69, 9.17) is 0 Å². The SMILES string of the molecule is CNC(=O)/C(C#N)=C1/SC(Cc2ccc(C)c(C)c2)C(=O)N1c1ccc(C)cc1. The van der Waals surface area contributed by atoms with E-state index in [0.29, 0.717) is 17.1 Å². The average Bonchev–Trinajstić information content (AvgIpc) is 3.01. The highest BCUT2D eigenvalue weighted by Gasteiger charge is 2.40. The molecule has 6 heteroatoms. The lowest BCUT2D eigenvalue weighted by molar-refractivity contribution is -0.117. The second-order valence-electron chi connectivity index (χ2n) is 7.11. The Kier molecular flexibility index (Phi) is 6.09. The van der Waals surface area contributed by atoms with E-state index in [0.717, 1.165) is 11.1 Å². The Labute approximate surface area is 175 Å². The second-order valence-corrected chi connectivity index (χ2v) is 8.30. The number of rotatable bonds is 4. The molecule has 29 heavy (non-hydrogen) atoms. The van der Waals surface area contributed by atoms with Gasteiger partial charge in [-0.2, -0.15) is 5.26 Å². The minimum absolute atomic E-state index is 0.0472. The molecule has 1 atom stereocenters. The van der Waals surface area contributed by atoms with Gasteiger partial charge in [-0.05, 0) is 56.0 Å². The molecule has 1 heterocycles.